The highest BCUT2D eigenvalue weighted by Crippen LogP contribution is 2.29. The van der Waals surface area contributed by atoms with Crippen molar-refractivity contribution in [3.8, 4) is 5.75 Å². The molecular weight excluding hydrogens is 467 g/mol. The van der Waals surface area contributed by atoms with Crippen LogP contribution in [-0.4, -0.2) is 19.8 Å². The molecule has 0 aromatic heterocycles. The van der Waals surface area contributed by atoms with Gasteiger partial charge in [-0.15, -0.1) is 24.0 Å². The molecule has 1 aliphatic rings. The van der Waals surface area contributed by atoms with Crippen molar-refractivity contribution in [2.24, 2.45) is 4.99 Å². The Morgan fingerprint density at radius 1 is 1.15 bits per heavy atom. The summed E-state index contributed by atoms with van der Waals surface area (Å²) in [6.45, 7) is 3.05. The molecule has 146 valence electrons. The Bertz CT molecular complexity index is 831. The highest BCUT2D eigenvalue weighted by Gasteiger charge is 2.17. The first kappa shape index (κ1) is 21.4. The number of hydrogen-bond acceptors (Lipinski definition) is 3. The van der Waals surface area contributed by atoms with E-state index in [1.54, 1.807) is 26.1 Å². The summed E-state index contributed by atoms with van der Waals surface area (Å²) in [7, 11) is 1.65. The molecule has 0 radical (unpaired) electrons. The number of benzene rings is 2. The van der Waals surface area contributed by atoms with Crippen LogP contribution in [-0.2, 0) is 24.4 Å². The topological polar surface area (TPSA) is 54.9 Å². The quantitative estimate of drug-likeness (QED) is 0.392. The van der Waals surface area contributed by atoms with Crippen LogP contribution in [0.4, 0.5) is 8.78 Å². The lowest BCUT2D eigenvalue weighted by molar-refractivity contribution is -0.0172. The highest BCUT2D eigenvalue weighted by atomic mass is 127. The molecule has 1 aliphatic heterocycles. The van der Waals surface area contributed by atoms with Crippen molar-refractivity contribution in [3.05, 3.63) is 64.2 Å². The third kappa shape index (κ3) is 5.52. The predicted octanol–water partition coefficient (Wildman–Crippen LogP) is 3.62. The Morgan fingerprint density at radius 2 is 1.93 bits per heavy atom. The summed E-state index contributed by atoms with van der Waals surface area (Å²) in [6, 6.07) is 7.81. The molecule has 8 heteroatoms. The fourth-order valence-electron chi connectivity index (χ4n) is 2.79. The molecule has 2 N–H and O–H groups in total. The number of fused-ring (bicyclic) bond motifs is 1. The summed E-state index contributed by atoms with van der Waals surface area (Å²) >= 11 is 0. The maximum atomic E-state index is 13.8. The zero-order valence-corrected chi connectivity index (χ0v) is 17.5. The van der Waals surface area contributed by atoms with Crippen LogP contribution in [0.3, 0.4) is 0 Å². The van der Waals surface area contributed by atoms with Gasteiger partial charge in [0.1, 0.15) is 17.4 Å². The highest BCUT2D eigenvalue weighted by molar-refractivity contribution is 14.0. The van der Waals surface area contributed by atoms with Gasteiger partial charge in [0.05, 0.1) is 6.61 Å². The fraction of sp³-hybridized carbons (Fsp3) is 0.316. The predicted molar refractivity (Wildman–Crippen MR) is 110 cm³/mol. The number of aliphatic imine (C=N–C) groups is 1. The first-order valence-electron chi connectivity index (χ1n) is 8.28. The van der Waals surface area contributed by atoms with Gasteiger partial charge in [-0.2, -0.15) is 0 Å². The molecule has 0 saturated heterocycles. The van der Waals surface area contributed by atoms with E-state index in [0.29, 0.717) is 48.1 Å². The summed E-state index contributed by atoms with van der Waals surface area (Å²) in [5.74, 6) is 0.641. The minimum atomic E-state index is -0.334. The van der Waals surface area contributed by atoms with Gasteiger partial charge in [-0.05, 0) is 36.2 Å². The Kier molecular flexibility index (Phi) is 7.78. The summed E-state index contributed by atoms with van der Waals surface area (Å²) in [5.41, 5.74) is 2.93. The summed E-state index contributed by atoms with van der Waals surface area (Å²) in [4.78, 5) is 4.15. The Hall–Kier alpha value is -1.94. The molecule has 0 atom stereocenters. The number of aryl methyl sites for hydroxylation is 1. The van der Waals surface area contributed by atoms with Crippen molar-refractivity contribution in [2.45, 2.75) is 26.6 Å². The van der Waals surface area contributed by atoms with Crippen LogP contribution in [0.5, 0.6) is 5.75 Å². The normalized spacial score (nSPS) is 13.3. The average molecular weight is 489 g/mol. The van der Waals surface area contributed by atoms with Gasteiger partial charge in [0.15, 0.2) is 12.8 Å². The van der Waals surface area contributed by atoms with E-state index in [2.05, 4.69) is 15.6 Å². The lowest BCUT2D eigenvalue weighted by Crippen LogP contribution is -2.36. The molecule has 0 bridgehead atoms. The van der Waals surface area contributed by atoms with Gasteiger partial charge in [0.2, 0.25) is 0 Å². The average Bonchev–Trinajstić information content (AvgIpc) is 2.64. The van der Waals surface area contributed by atoms with Crippen LogP contribution in [0, 0.1) is 18.6 Å². The summed E-state index contributed by atoms with van der Waals surface area (Å²) in [5, 5.41) is 6.29. The minimum absolute atomic E-state index is 0. The number of rotatable bonds is 4. The van der Waals surface area contributed by atoms with E-state index in [1.807, 2.05) is 0 Å². The Balaban J connectivity index is 0.00000261. The molecule has 0 aliphatic carbocycles. The van der Waals surface area contributed by atoms with E-state index >= 15 is 0 Å². The first-order chi connectivity index (χ1) is 12.6. The van der Waals surface area contributed by atoms with Gasteiger partial charge in [0.25, 0.3) is 0 Å². The molecule has 2 aromatic carbocycles. The zero-order valence-electron chi connectivity index (χ0n) is 15.1. The van der Waals surface area contributed by atoms with Crippen molar-refractivity contribution in [1.29, 1.82) is 0 Å². The maximum absolute atomic E-state index is 13.8. The van der Waals surface area contributed by atoms with Crippen LogP contribution in [0.2, 0.25) is 0 Å². The van der Waals surface area contributed by atoms with E-state index in [-0.39, 0.29) is 42.4 Å². The molecule has 0 unspecified atom stereocenters. The zero-order chi connectivity index (χ0) is 18.5. The van der Waals surface area contributed by atoms with E-state index in [0.717, 1.165) is 5.56 Å². The van der Waals surface area contributed by atoms with Gasteiger partial charge in [-0.25, -0.2) is 8.78 Å². The monoisotopic (exact) mass is 489 g/mol. The lowest BCUT2D eigenvalue weighted by atomic mass is 10.1. The second-order valence-corrected chi connectivity index (χ2v) is 6.03. The number of nitrogens with one attached hydrogen (secondary N) is 2. The van der Waals surface area contributed by atoms with Crippen LogP contribution in [0.25, 0.3) is 0 Å². The molecular formula is C19H22F2IN3O2. The van der Waals surface area contributed by atoms with E-state index in [4.69, 9.17) is 9.47 Å². The van der Waals surface area contributed by atoms with Crippen LogP contribution >= 0.6 is 24.0 Å². The minimum Gasteiger partial charge on any atom is -0.467 e. The number of hydrogen-bond donors (Lipinski definition) is 2. The van der Waals surface area contributed by atoms with Gasteiger partial charge < -0.3 is 20.1 Å². The van der Waals surface area contributed by atoms with E-state index in [1.165, 1.54) is 18.2 Å². The van der Waals surface area contributed by atoms with Crippen molar-refractivity contribution in [1.82, 2.24) is 10.6 Å². The van der Waals surface area contributed by atoms with Crippen molar-refractivity contribution >= 4 is 29.9 Å². The van der Waals surface area contributed by atoms with Gasteiger partial charge in [0, 0.05) is 31.3 Å². The smallest absolute Gasteiger partial charge is 0.191 e. The number of ether oxygens (including phenoxy) is 2. The molecule has 0 amide bonds. The summed E-state index contributed by atoms with van der Waals surface area (Å²) in [6.07, 6.45) is 0. The lowest BCUT2D eigenvalue weighted by Gasteiger charge is -2.21. The number of nitrogens with zero attached hydrogens (tertiary/aromatic N) is 1. The van der Waals surface area contributed by atoms with Crippen LogP contribution in [0.1, 0.15) is 22.3 Å². The van der Waals surface area contributed by atoms with Crippen molar-refractivity contribution in [2.75, 3.05) is 13.8 Å². The first-order valence-corrected chi connectivity index (χ1v) is 8.28. The van der Waals surface area contributed by atoms with E-state index < -0.39 is 0 Å². The maximum Gasteiger partial charge on any atom is 0.191 e. The van der Waals surface area contributed by atoms with Crippen molar-refractivity contribution < 1.29 is 18.3 Å². The Morgan fingerprint density at radius 3 is 2.67 bits per heavy atom. The molecule has 5 nitrogen and oxygen atoms in total. The summed E-state index contributed by atoms with van der Waals surface area (Å²) < 4.78 is 37.8. The van der Waals surface area contributed by atoms with Gasteiger partial charge in [-0.1, -0.05) is 12.1 Å². The van der Waals surface area contributed by atoms with Crippen molar-refractivity contribution in [3.63, 3.8) is 0 Å². The van der Waals surface area contributed by atoms with Gasteiger partial charge >= 0.3 is 0 Å². The second kappa shape index (κ2) is 9.84. The molecule has 0 saturated carbocycles. The second-order valence-electron chi connectivity index (χ2n) is 6.03. The molecule has 2 aromatic rings. The molecule has 1 heterocycles. The number of guanidine groups is 1. The largest absolute Gasteiger partial charge is 0.467 e. The van der Waals surface area contributed by atoms with Crippen LogP contribution < -0.4 is 15.4 Å². The standard InChI is InChI=1S/C19H21F2N3O2.HI/c1-12-5-13(3-4-17(12)21)8-23-19(22-2)24-9-14-6-16(20)7-15-10-25-11-26-18(14)15;/h3-7H,8-11H2,1-2H3,(H2,22,23,24);1H. The molecule has 27 heavy (non-hydrogen) atoms. The third-order valence-corrected chi connectivity index (χ3v) is 4.10. The van der Waals surface area contributed by atoms with Gasteiger partial charge in [-0.3, -0.25) is 4.99 Å². The fourth-order valence-corrected chi connectivity index (χ4v) is 2.79. The SMILES string of the molecule is CN=C(NCc1ccc(F)c(C)c1)NCc1cc(F)cc2c1OCOC2.I. The molecule has 0 fully saturated rings. The Labute approximate surface area is 174 Å². The molecule has 3 rings (SSSR count). The third-order valence-electron chi connectivity index (χ3n) is 4.10. The van der Waals surface area contributed by atoms with E-state index in [9.17, 15) is 8.78 Å². The van der Waals surface area contributed by atoms with Crippen LogP contribution in [0.15, 0.2) is 35.3 Å². The number of halogens is 3. The molecule has 0 spiro atoms.